The minimum absolute atomic E-state index is 0. The van der Waals surface area contributed by atoms with E-state index in [9.17, 15) is 0 Å². The van der Waals surface area contributed by atoms with Crippen LogP contribution in [0.2, 0.25) is 0 Å². The predicted molar refractivity (Wildman–Crippen MR) is 195 cm³/mol. The molecule has 0 fully saturated rings. The predicted octanol–water partition coefficient (Wildman–Crippen LogP) is 11.2. The van der Waals surface area contributed by atoms with Crippen molar-refractivity contribution in [3.8, 4) is 44.8 Å². The van der Waals surface area contributed by atoms with Gasteiger partial charge >= 0.3 is 0 Å². The molecule has 0 amide bonds. The Balaban J connectivity index is 0.000000228. The summed E-state index contributed by atoms with van der Waals surface area (Å²) in [7, 11) is 0. The molecule has 5 aromatic carbocycles. The fraction of sp³-hybridized carbons (Fsp3) is 0.0227. The molecule has 4 aromatic heterocycles. The molecule has 0 unspecified atom stereocenters. The summed E-state index contributed by atoms with van der Waals surface area (Å²) in [6.07, 6.45) is 7.47. The summed E-state index contributed by atoms with van der Waals surface area (Å²) in [5.41, 5.74) is 11.0. The normalized spacial score (nSPS) is 10.8. The third-order valence-electron chi connectivity index (χ3n) is 8.45. The van der Waals surface area contributed by atoms with Crippen LogP contribution in [0, 0.1) is 19.1 Å². The molecular formula is C44H29IrN3O-2. The van der Waals surface area contributed by atoms with Gasteiger partial charge in [0, 0.05) is 61.2 Å². The Morgan fingerprint density at radius 3 is 2.22 bits per heavy atom. The molecule has 237 valence electrons. The van der Waals surface area contributed by atoms with Crippen LogP contribution < -0.4 is 0 Å². The first-order valence-corrected chi connectivity index (χ1v) is 15.8. The molecule has 9 aromatic rings. The third kappa shape index (κ3) is 6.42. The molecule has 0 saturated carbocycles. The van der Waals surface area contributed by atoms with Crippen molar-refractivity contribution in [1.82, 2.24) is 15.0 Å². The molecule has 0 aliphatic carbocycles. The number of rotatable bonds is 4. The van der Waals surface area contributed by atoms with Crippen molar-refractivity contribution in [3.05, 3.63) is 176 Å². The quantitative estimate of drug-likeness (QED) is 0.166. The monoisotopic (exact) mass is 808 g/mol. The molecule has 4 nitrogen and oxygen atoms in total. The Morgan fingerprint density at radius 1 is 0.551 bits per heavy atom. The first-order valence-electron chi connectivity index (χ1n) is 15.8. The van der Waals surface area contributed by atoms with Crippen LogP contribution in [-0.4, -0.2) is 15.0 Å². The van der Waals surface area contributed by atoms with Gasteiger partial charge < -0.3 is 14.4 Å². The maximum Gasteiger partial charge on any atom is 0.128 e. The average Bonchev–Trinajstić information content (AvgIpc) is 3.55. The number of aromatic nitrogens is 3. The van der Waals surface area contributed by atoms with Gasteiger partial charge in [-0.2, -0.15) is 0 Å². The van der Waals surface area contributed by atoms with Crippen LogP contribution in [-0.2, 0) is 20.1 Å². The van der Waals surface area contributed by atoms with Gasteiger partial charge in [0.1, 0.15) is 5.58 Å². The number of nitrogens with zero attached hydrogens (tertiary/aromatic N) is 3. The zero-order chi connectivity index (χ0) is 32.3. The molecule has 5 heteroatoms. The van der Waals surface area contributed by atoms with Gasteiger partial charge in [-0.3, -0.25) is 4.98 Å². The van der Waals surface area contributed by atoms with Gasteiger partial charge in [0.05, 0.1) is 5.58 Å². The fourth-order valence-corrected chi connectivity index (χ4v) is 6.07. The summed E-state index contributed by atoms with van der Waals surface area (Å²) < 4.78 is 6.63. The molecule has 0 bridgehead atoms. The van der Waals surface area contributed by atoms with Gasteiger partial charge in [-0.1, -0.05) is 95.9 Å². The zero-order valence-electron chi connectivity index (χ0n) is 26.6. The molecule has 0 N–H and O–H groups in total. The van der Waals surface area contributed by atoms with Crippen LogP contribution in [0.3, 0.4) is 0 Å². The van der Waals surface area contributed by atoms with E-state index < -0.39 is 0 Å². The van der Waals surface area contributed by atoms with Crippen LogP contribution in [0.5, 0.6) is 0 Å². The number of benzene rings is 5. The van der Waals surface area contributed by atoms with Crippen LogP contribution in [0.15, 0.2) is 163 Å². The van der Waals surface area contributed by atoms with E-state index in [-0.39, 0.29) is 20.1 Å². The minimum atomic E-state index is 0. The number of hydrogen-bond donors (Lipinski definition) is 0. The van der Waals surface area contributed by atoms with E-state index in [0.717, 1.165) is 77.5 Å². The smallest absolute Gasteiger partial charge is 0.128 e. The number of aryl methyl sites for hydroxylation is 1. The van der Waals surface area contributed by atoms with Gasteiger partial charge in [-0.15, -0.1) is 54.1 Å². The molecule has 1 radical (unpaired) electrons. The van der Waals surface area contributed by atoms with E-state index in [0.29, 0.717) is 0 Å². The molecule has 0 spiro atoms. The van der Waals surface area contributed by atoms with Gasteiger partial charge in [0.25, 0.3) is 0 Å². The van der Waals surface area contributed by atoms with Crippen LogP contribution in [0.25, 0.3) is 77.5 Å². The Kier molecular flexibility index (Phi) is 9.21. The number of para-hydroxylation sites is 1. The maximum absolute atomic E-state index is 6.63. The summed E-state index contributed by atoms with van der Waals surface area (Å²) in [5, 5.41) is 4.39. The van der Waals surface area contributed by atoms with E-state index >= 15 is 0 Å². The molecule has 9 rings (SSSR count). The minimum Gasteiger partial charge on any atom is -0.500 e. The van der Waals surface area contributed by atoms with Crippen molar-refractivity contribution < 1.29 is 24.5 Å². The number of furan rings is 1. The molecule has 0 atom stereocenters. The Hall–Kier alpha value is -5.74. The number of hydrogen-bond acceptors (Lipinski definition) is 4. The van der Waals surface area contributed by atoms with Crippen molar-refractivity contribution in [1.29, 1.82) is 0 Å². The largest absolute Gasteiger partial charge is 0.500 e. The van der Waals surface area contributed by atoms with E-state index in [2.05, 4.69) is 93.8 Å². The molecular weight excluding hydrogens is 779 g/mol. The summed E-state index contributed by atoms with van der Waals surface area (Å²) >= 11 is 0. The van der Waals surface area contributed by atoms with Crippen LogP contribution in [0.1, 0.15) is 5.56 Å². The summed E-state index contributed by atoms with van der Waals surface area (Å²) in [6, 6.07) is 51.6. The molecule has 0 aliphatic heterocycles. The van der Waals surface area contributed by atoms with E-state index in [1.807, 2.05) is 98.4 Å². The fourth-order valence-electron chi connectivity index (χ4n) is 6.07. The second-order valence-corrected chi connectivity index (χ2v) is 11.6. The van der Waals surface area contributed by atoms with Gasteiger partial charge in [0.15, 0.2) is 0 Å². The van der Waals surface area contributed by atoms with E-state index in [4.69, 9.17) is 4.42 Å². The molecule has 0 saturated heterocycles. The van der Waals surface area contributed by atoms with Crippen LogP contribution in [0.4, 0.5) is 0 Å². The molecule has 49 heavy (non-hydrogen) atoms. The van der Waals surface area contributed by atoms with E-state index in [1.54, 1.807) is 0 Å². The summed E-state index contributed by atoms with van der Waals surface area (Å²) in [6.45, 7) is 2.03. The Morgan fingerprint density at radius 2 is 1.39 bits per heavy atom. The Bertz CT molecular complexity index is 2500. The zero-order valence-corrected chi connectivity index (χ0v) is 29.0. The number of pyridine rings is 3. The summed E-state index contributed by atoms with van der Waals surface area (Å²) in [4.78, 5) is 13.4. The van der Waals surface area contributed by atoms with Gasteiger partial charge in [0.2, 0.25) is 0 Å². The second kappa shape index (κ2) is 14.2. The maximum atomic E-state index is 6.63. The molecule has 0 aliphatic rings. The first-order chi connectivity index (χ1) is 23.7. The van der Waals surface area contributed by atoms with Crippen molar-refractivity contribution in [2.45, 2.75) is 6.92 Å². The van der Waals surface area contributed by atoms with Gasteiger partial charge in [-0.05, 0) is 58.1 Å². The first kappa shape index (κ1) is 31.8. The van der Waals surface area contributed by atoms with Crippen molar-refractivity contribution in [2.24, 2.45) is 0 Å². The van der Waals surface area contributed by atoms with E-state index in [1.165, 1.54) is 5.56 Å². The topological polar surface area (TPSA) is 51.8 Å². The van der Waals surface area contributed by atoms with Crippen molar-refractivity contribution in [2.75, 3.05) is 0 Å². The van der Waals surface area contributed by atoms with Crippen LogP contribution >= 0.6 is 0 Å². The Labute approximate surface area is 298 Å². The second-order valence-electron chi connectivity index (χ2n) is 11.6. The van der Waals surface area contributed by atoms with Crippen molar-refractivity contribution >= 4 is 32.7 Å². The van der Waals surface area contributed by atoms with Gasteiger partial charge in [-0.25, -0.2) is 0 Å². The average molecular weight is 808 g/mol. The standard InChI is InChI=1S/C32H19N2O.C12H10N.Ir/c1-2-7-21(8-3-1)23-16-18-34-30(19-23)28-14-6-13-27-26-12-5-11-25(31(26)35-32(27)28)24-10-4-9-22-15-17-33-20-29(22)24;1-10-7-8-12(13-9-10)11-5-3-2-4-6-11;/h1-13,15-20H;2-5,7-9H,1H3;/q2*-1;. The molecule has 4 heterocycles. The SMILES string of the molecule is Cc1ccc(-c2[c-]cccc2)nc1.[Ir].[c-]1ccc2c(oc3c(-c4cccc5ccncc45)cccc32)c1-c1cc(-c2ccccc2)ccn1. The van der Waals surface area contributed by atoms with Crippen molar-refractivity contribution in [3.63, 3.8) is 0 Å². The summed E-state index contributed by atoms with van der Waals surface area (Å²) in [5.74, 6) is 0. The number of fused-ring (bicyclic) bond motifs is 4. The third-order valence-corrected chi connectivity index (χ3v) is 8.45.